The van der Waals surface area contributed by atoms with Gasteiger partial charge in [0, 0.05) is 4.90 Å². The molecule has 0 unspecified atom stereocenters. The lowest BCUT2D eigenvalue weighted by molar-refractivity contribution is 0.562. The Labute approximate surface area is 78.2 Å². The normalized spacial score (nSPS) is 11.8. The van der Waals surface area contributed by atoms with Crippen molar-refractivity contribution < 1.29 is 4.39 Å². The minimum atomic E-state index is -0.245. The minimum Gasteiger partial charge on any atom is -0.206 e. The third-order valence-corrected chi connectivity index (χ3v) is 2.18. The molecule has 1 rings (SSSR count). The van der Waals surface area contributed by atoms with Gasteiger partial charge in [0.15, 0.2) is 0 Å². The van der Waals surface area contributed by atoms with Gasteiger partial charge in [0.25, 0.3) is 0 Å². The fraction of sp³-hybridized carbons (Fsp3) is 0.400. The van der Waals surface area contributed by atoms with E-state index in [2.05, 4.69) is 33.4 Å². The Balaban J connectivity index is 3.14. The molecule has 12 heavy (non-hydrogen) atoms. The lowest BCUT2D eigenvalue weighted by Crippen LogP contribution is -2.11. The van der Waals surface area contributed by atoms with Crippen LogP contribution in [-0.4, -0.2) is 0 Å². The topological polar surface area (TPSA) is 0 Å². The maximum Gasteiger partial charge on any atom is 0.136 e. The molecule has 0 saturated heterocycles. The maximum atomic E-state index is 13.0. The SMILES string of the molecule is CC(C)(C)c1ccc(S)c(F)c1. The van der Waals surface area contributed by atoms with Gasteiger partial charge in [-0.3, -0.25) is 0 Å². The van der Waals surface area contributed by atoms with Crippen molar-refractivity contribution in [3.63, 3.8) is 0 Å². The Morgan fingerprint density at radius 1 is 1.25 bits per heavy atom. The Morgan fingerprint density at radius 2 is 1.83 bits per heavy atom. The summed E-state index contributed by atoms with van der Waals surface area (Å²) in [6, 6.07) is 5.15. The van der Waals surface area contributed by atoms with Gasteiger partial charge in [-0.2, -0.15) is 0 Å². The summed E-state index contributed by atoms with van der Waals surface area (Å²) in [5, 5.41) is 0. The van der Waals surface area contributed by atoms with Crippen LogP contribution in [0.3, 0.4) is 0 Å². The van der Waals surface area contributed by atoms with Gasteiger partial charge in [-0.15, -0.1) is 12.6 Å². The van der Waals surface area contributed by atoms with Crippen molar-refractivity contribution in [3.05, 3.63) is 29.6 Å². The van der Waals surface area contributed by atoms with Gasteiger partial charge >= 0.3 is 0 Å². The molecule has 0 bridgehead atoms. The lowest BCUT2D eigenvalue weighted by Gasteiger charge is -2.18. The summed E-state index contributed by atoms with van der Waals surface area (Å²) in [4.78, 5) is 0.406. The van der Waals surface area contributed by atoms with Crippen LogP contribution >= 0.6 is 12.6 Å². The second-order valence-electron chi connectivity index (χ2n) is 3.92. The Bertz CT molecular complexity index is 286. The summed E-state index contributed by atoms with van der Waals surface area (Å²) in [5.41, 5.74) is 1.00. The van der Waals surface area contributed by atoms with E-state index in [-0.39, 0.29) is 11.2 Å². The summed E-state index contributed by atoms with van der Waals surface area (Å²) in [7, 11) is 0. The van der Waals surface area contributed by atoms with Crippen LogP contribution in [0.2, 0.25) is 0 Å². The molecule has 0 heterocycles. The van der Waals surface area contributed by atoms with Gasteiger partial charge in [-0.05, 0) is 23.1 Å². The van der Waals surface area contributed by atoms with Crippen molar-refractivity contribution in [2.24, 2.45) is 0 Å². The second-order valence-corrected chi connectivity index (χ2v) is 4.40. The highest BCUT2D eigenvalue weighted by Gasteiger charge is 2.14. The number of hydrogen-bond acceptors (Lipinski definition) is 1. The molecule has 0 aliphatic heterocycles. The third kappa shape index (κ3) is 2.01. The predicted octanol–water partition coefficient (Wildman–Crippen LogP) is 3.41. The smallest absolute Gasteiger partial charge is 0.136 e. The predicted molar refractivity (Wildman–Crippen MR) is 52.4 cm³/mol. The lowest BCUT2D eigenvalue weighted by atomic mass is 9.87. The molecule has 1 aromatic rings. The van der Waals surface area contributed by atoms with E-state index in [4.69, 9.17) is 0 Å². The van der Waals surface area contributed by atoms with Gasteiger partial charge in [0.2, 0.25) is 0 Å². The first-order chi connectivity index (χ1) is 5.41. The van der Waals surface area contributed by atoms with Gasteiger partial charge in [-0.25, -0.2) is 4.39 Å². The molecule has 2 heteroatoms. The van der Waals surface area contributed by atoms with E-state index in [9.17, 15) is 4.39 Å². The summed E-state index contributed by atoms with van der Waals surface area (Å²) in [6.45, 7) is 6.17. The average molecular weight is 184 g/mol. The zero-order chi connectivity index (χ0) is 9.35. The molecule has 0 aromatic heterocycles. The summed E-state index contributed by atoms with van der Waals surface area (Å²) >= 11 is 3.97. The van der Waals surface area contributed by atoms with Crippen LogP contribution in [-0.2, 0) is 5.41 Å². The fourth-order valence-corrected chi connectivity index (χ4v) is 1.11. The quantitative estimate of drug-likeness (QED) is 0.587. The number of thiol groups is 1. The summed E-state index contributed by atoms with van der Waals surface area (Å²) in [6.07, 6.45) is 0. The van der Waals surface area contributed by atoms with Crippen LogP contribution in [0.15, 0.2) is 23.1 Å². The molecule has 0 nitrogen and oxygen atoms in total. The van der Waals surface area contributed by atoms with Crippen LogP contribution < -0.4 is 0 Å². The van der Waals surface area contributed by atoms with Gasteiger partial charge in [-0.1, -0.05) is 26.8 Å². The first-order valence-electron chi connectivity index (χ1n) is 3.90. The first kappa shape index (κ1) is 9.59. The van der Waals surface area contributed by atoms with E-state index >= 15 is 0 Å². The van der Waals surface area contributed by atoms with E-state index in [0.717, 1.165) is 5.56 Å². The van der Waals surface area contributed by atoms with E-state index in [0.29, 0.717) is 4.90 Å². The molecule has 66 valence electrons. The van der Waals surface area contributed by atoms with Crippen LogP contribution in [0.5, 0.6) is 0 Å². The second kappa shape index (κ2) is 3.09. The zero-order valence-electron chi connectivity index (χ0n) is 7.56. The average Bonchev–Trinajstić information content (AvgIpc) is 1.92. The van der Waals surface area contributed by atoms with Crippen LogP contribution in [0.25, 0.3) is 0 Å². The molecule has 1 aromatic carbocycles. The summed E-state index contributed by atoms with van der Waals surface area (Å²) in [5.74, 6) is -0.245. The highest BCUT2D eigenvalue weighted by Crippen LogP contribution is 2.24. The molecule has 0 fully saturated rings. The first-order valence-corrected chi connectivity index (χ1v) is 4.35. The highest BCUT2D eigenvalue weighted by atomic mass is 32.1. The van der Waals surface area contributed by atoms with Crippen molar-refractivity contribution in [2.75, 3.05) is 0 Å². The van der Waals surface area contributed by atoms with Crippen LogP contribution in [0.1, 0.15) is 26.3 Å². The largest absolute Gasteiger partial charge is 0.206 e. The molecule has 0 aliphatic rings. The molecule has 0 atom stereocenters. The molecule has 0 aliphatic carbocycles. The standard InChI is InChI=1S/C10H13FS/c1-10(2,3)7-4-5-9(12)8(11)6-7/h4-6,12H,1-3H3. The van der Waals surface area contributed by atoms with Crippen molar-refractivity contribution in [3.8, 4) is 0 Å². The third-order valence-electron chi connectivity index (χ3n) is 1.81. The van der Waals surface area contributed by atoms with Gasteiger partial charge in [0.1, 0.15) is 5.82 Å². The molecule has 0 saturated carbocycles. The molecule has 0 spiro atoms. The van der Waals surface area contributed by atoms with E-state index in [1.54, 1.807) is 12.1 Å². The van der Waals surface area contributed by atoms with Crippen molar-refractivity contribution in [2.45, 2.75) is 31.1 Å². The van der Waals surface area contributed by atoms with Gasteiger partial charge in [0.05, 0.1) is 0 Å². The summed E-state index contributed by atoms with van der Waals surface area (Å²) < 4.78 is 13.0. The van der Waals surface area contributed by atoms with Crippen LogP contribution in [0, 0.1) is 5.82 Å². The van der Waals surface area contributed by atoms with Crippen molar-refractivity contribution in [1.29, 1.82) is 0 Å². The number of halogens is 1. The Hall–Kier alpha value is -0.500. The Morgan fingerprint density at radius 3 is 2.25 bits per heavy atom. The van der Waals surface area contributed by atoms with Gasteiger partial charge < -0.3 is 0 Å². The number of hydrogen-bond donors (Lipinski definition) is 1. The minimum absolute atomic E-state index is 0.00230. The molecule has 0 N–H and O–H groups in total. The maximum absolute atomic E-state index is 13.0. The van der Waals surface area contributed by atoms with E-state index < -0.39 is 0 Å². The molecule has 0 radical (unpaired) electrons. The van der Waals surface area contributed by atoms with Crippen molar-refractivity contribution >= 4 is 12.6 Å². The van der Waals surface area contributed by atoms with Crippen molar-refractivity contribution in [1.82, 2.24) is 0 Å². The number of benzene rings is 1. The zero-order valence-corrected chi connectivity index (χ0v) is 8.45. The molecule has 0 amide bonds. The van der Waals surface area contributed by atoms with E-state index in [1.165, 1.54) is 0 Å². The molecular weight excluding hydrogens is 171 g/mol. The van der Waals surface area contributed by atoms with E-state index in [1.807, 2.05) is 6.07 Å². The van der Waals surface area contributed by atoms with Crippen LogP contribution in [0.4, 0.5) is 4.39 Å². The molecular formula is C10H13FS. The monoisotopic (exact) mass is 184 g/mol. The highest BCUT2D eigenvalue weighted by molar-refractivity contribution is 7.80. The Kier molecular flexibility index (Phi) is 2.47. The number of rotatable bonds is 0. The fourth-order valence-electron chi connectivity index (χ4n) is 0.973.